The molecule has 6 saturated heterocycles. The van der Waals surface area contributed by atoms with Crippen LogP contribution in [0.3, 0.4) is 0 Å². The van der Waals surface area contributed by atoms with Crippen molar-refractivity contribution in [3.8, 4) is 18.0 Å². The minimum absolute atomic E-state index is 0.00627. The molecule has 9 aliphatic heterocycles. The molecule has 1 unspecified atom stereocenters. The maximum Gasteiger partial charge on any atom is 0.318 e. The van der Waals surface area contributed by atoms with E-state index in [-0.39, 0.29) is 110 Å². The quantitative estimate of drug-likeness (QED) is 0.0344. The molecule has 0 spiro atoms. The van der Waals surface area contributed by atoms with Crippen molar-refractivity contribution in [3.05, 3.63) is 229 Å². The minimum atomic E-state index is -1.32. The van der Waals surface area contributed by atoms with Crippen molar-refractivity contribution < 1.29 is 59.3 Å². The van der Waals surface area contributed by atoms with E-state index >= 15 is 0 Å². The lowest BCUT2D eigenvalue weighted by molar-refractivity contribution is -0.131. The summed E-state index contributed by atoms with van der Waals surface area (Å²) in [6.07, 6.45) is 4.04. The topological polar surface area (TPSA) is 235 Å². The molecule has 0 bridgehead atoms. The number of fused-ring (bicyclic) bond motifs is 6. The largest absolute Gasteiger partial charge is 0.462 e. The fourth-order valence-corrected chi connectivity index (χ4v) is 20.4. The van der Waals surface area contributed by atoms with Crippen LogP contribution in [0.15, 0.2) is 128 Å². The number of hydrogen-bond donors (Lipinski definition) is 3. The summed E-state index contributed by atoms with van der Waals surface area (Å²) >= 11 is 19.4. The Morgan fingerprint density at radius 2 is 0.767 bits per heavy atom. The van der Waals surface area contributed by atoms with Crippen LogP contribution in [-0.2, 0) is 53.3 Å². The van der Waals surface area contributed by atoms with Gasteiger partial charge in [-0.05, 0) is 117 Å². The molecule has 18 rings (SSSR count). The highest BCUT2D eigenvalue weighted by atomic mass is 35.5. The first kappa shape index (κ1) is 94.1. The van der Waals surface area contributed by atoms with Gasteiger partial charge in [0.05, 0.1) is 51.8 Å². The summed E-state index contributed by atoms with van der Waals surface area (Å²) in [5.41, 5.74) is 6.16. The van der Waals surface area contributed by atoms with E-state index in [2.05, 4.69) is 78.8 Å². The van der Waals surface area contributed by atoms with Gasteiger partial charge in [0.1, 0.15) is 78.5 Å². The molecule has 27 nitrogen and oxygen atoms in total. The van der Waals surface area contributed by atoms with Crippen molar-refractivity contribution in [3.63, 3.8) is 0 Å². The van der Waals surface area contributed by atoms with E-state index in [1.807, 2.05) is 69.3 Å². The van der Waals surface area contributed by atoms with Crippen molar-refractivity contribution in [2.24, 2.45) is 11.8 Å². The molecule has 3 amide bonds. The number of rotatable bonds is 21. The lowest BCUT2D eigenvalue weighted by Crippen LogP contribution is -2.57. The Balaban J connectivity index is 0.000000145. The van der Waals surface area contributed by atoms with E-state index in [1.54, 1.807) is 25.1 Å². The maximum atomic E-state index is 14.5. The molecule has 9 aromatic rings. The molecule has 12 heterocycles. The molecular formula is C96H101Cl3F7N21O6. The number of carbonyl (C=O) groups is 3. The molecule has 9 atom stereocenters. The first-order valence-electron chi connectivity index (χ1n) is 44.5. The highest BCUT2D eigenvalue weighted by Gasteiger charge is 2.43. The number of piperazine rings is 3. The summed E-state index contributed by atoms with van der Waals surface area (Å²) in [4.78, 5) is 93.6. The van der Waals surface area contributed by atoms with Gasteiger partial charge in [-0.25, -0.2) is 50.4 Å². The number of alkyl halides is 1. The summed E-state index contributed by atoms with van der Waals surface area (Å²) in [6.45, 7) is 46.6. The fourth-order valence-electron chi connectivity index (χ4n) is 19.6. The van der Waals surface area contributed by atoms with E-state index in [0.29, 0.717) is 162 Å². The van der Waals surface area contributed by atoms with Crippen LogP contribution in [0, 0.1) is 49.0 Å². The van der Waals surface area contributed by atoms with Gasteiger partial charge in [-0.1, -0.05) is 123 Å². The van der Waals surface area contributed by atoms with Crippen molar-refractivity contribution in [1.82, 2.24) is 60.6 Å². The molecule has 0 aliphatic carbocycles. The van der Waals surface area contributed by atoms with Crippen molar-refractivity contribution in [1.29, 1.82) is 0 Å². The Kier molecular flexibility index (Phi) is 28.8. The standard InChI is InChI=1S/C32H33ClF3N7O2.2C32H34ClF2N7O2/c1-19(34)30(44)43-12-11-42(15-22(43)14-37-3)29-23-9-10-41(26-6-4-5-20-7-8-24(35)28(33)27(20)26)16-25(23)39-31(40-29)45-17-21-13-32(2,36)18-38-21;2*1-19-13-22(37-14-19)18-44-32-38-26-17-40(27-6-4-5-21-7-8-25(35)29(33)28(21)27)10-9-24(26)30(39-32)41-11-12-42(31(43)20(2)34)23(16-41)15-36-3/h4-8,21-22,38H,1,9-18H2,2H3;2*4-8,19,22-23,37H,2,9-18H2,1H3/t21-,22-,32?;2*19-,22+,23+/m011/s1. The van der Waals surface area contributed by atoms with Crippen molar-refractivity contribution >= 4 is 119 Å². The van der Waals surface area contributed by atoms with Crippen LogP contribution < -0.4 is 59.6 Å². The number of ether oxygens (including phenoxy) is 3. The summed E-state index contributed by atoms with van der Waals surface area (Å²) in [7, 11) is 0. The van der Waals surface area contributed by atoms with Crippen LogP contribution in [-0.4, -0.2) is 242 Å². The van der Waals surface area contributed by atoms with Crippen LogP contribution in [0.25, 0.3) is 46.9 Å². The van der Waals surface area contributed by atoms with Gasteiger partial charge in [-0.3, -0.25) is 14.4 Å². The second-order valence-corrected chi connectivity index (χ2v) is 36.7. The third kappa shape index (κ3) is 20.7. The van der Waals surface area contributed by atoms with Gasteiger partial charge in [0, 0.05) is 160 Å². The minimum Gasteiger partial charge on any atom is -0.462 e. The van der Waals surface area contributed by atoms with Crippen LogP contribution in [0.4, 0.5) is 65.2 Å². The zero-order valence-corrected chi connectivity index (χ0v) is 76.2. The van der Waals surface area contributed by atoms with Gasteiger partial charge in [-0.2, -0.15) is 29.9 Å². The van der Waals surface area contributed by atoms with Crippen LogP contribution in [0.2, 0.25) is 15.1 Å². The van der Waals surface area contributed by atoms with E-state index in [4.69, 9.17) is 98.6 Å². The number of benzene rings is 6. The second kappa shape index (κ2) is 40.8. The third-order valence-electron chi connectivity index (χ3n) is 26.1. The number of hydrogen-bond acceptors (Lipinski definition) is 21. The molecule has 0 radical (unpaired) electrons. The molecule has 3 aromatic heterocycles. The monoisotopic (exact) mass is 1880 g/mol. The smallest absolute Gasteiger partial charge is 0.318 e. The molecule has 3 N–H and O–H groups in total. The first-order chi connectivity index (χ1) is 64.0. The highest BCUT2D eigenvalue weighted by Crippen LogP contribution is 2.44. The normalized spacial score (nSPS) is 22.2. The Labute approximate surface area is 781 Å². The number of aromatic nitrogens is 6. The molecule has 0 saturated carbocycles. The molecule has 696 valence electrons. The molecule has 133 heavy (non-hydrogen) atoms. The van der Waals surface area contributed by atoms with Crippen molar-refractivity contribution in [2.75, 3.05) is 167 Å². The fraction of sp³-hybridized carbons (Fsp3) is 0.438. The molecule has 6 fully saturated rings. The van der Waals surface area contributed by atoms with Gasteiger partial charge >= 0.3 is 18.0 Å². The van der Waals surface area contributed by atoms with Crippen LogP contribution in [0.5, 0.6) is 18.0 Å². The predicted molar refractivity (Wildman–Crippen MR) is 499 cm³/mol. The number of anilines is 6. The van der Waals surface area contributed by atoms with Gasteiger partial charge in [0.25, 0.3) is 17.7 Å². The lowest BCUT2D eigenvalue weighted by atomic mass is 10.0. The Bertz CT molecular complexity index is 5910. The maximum absolute atomic E-state index is 14.5. The van der Waals surface area contributed by atoms with Crippen molar-refractivity contribution in [2.45, 2.75) is 121 Å². The predicted octanol–water partition coefficient (Wildman–Crippen LogP) is 14.4. The molecule has 37 heteroatoms. The zero-order chi connectivity index (χ0) is 93.8. The van der Waals surface area contributed by atoms with Gasteiger partial charge in [0.2, 0.25) is 19.6 Å². The van der Waals surface area contributed by atoms with Crippen LogP contribution in [0.1, 0.15) is 73.8 Å². The number of nitrogens with one attached hydrogen (secondary N) is 3. The molecule has 6 aromatic carbocycles. The summed E-state index contributed by atoms with van der Waals surface area (Å²) < 4.78 is 118. The average molecular weight is 1880 g/mol. The highest BCUT2D eigenvalue weighted by molar-refractivity contribution is 6.38. The zero-order valence-electron chi connectivity index (χ0n) is 73.9. The molecule has 9 aliphatic rings. The average Bonchev–Trinajstić information content (AvgIpc) is 0.926. The van der Waals surface area contributed by atoms with Crippen LogP contribution >= 0.6 is 34.8 Å². The van der Waals surface area contributed by atoms with E-state index in [1.165, 1.54) is 32.9 Å². The van der Waals surface area contributed by atoms with Gasteiger partial charge in [0.15, 0.2) is 17.5 Å². The molecular weight excluding hydrogens is 1780 g/mol. The number of carbonyl (C=O) groups excluding carboxylic acids is 3. The van der Waals surface area contributed by atoms with E-state index in [0.717, 1.165) is 87.2 Å². The van der Waals surface area contributed by atoms with Gasteiger partial charge in [-0.15, -0.1) is 0 Å². The Morgan fingerprint density at radius 3 is 1.05 bits per heavy atom. The first-order valence-corrected chi connectivity index (χ1v) is 45.7. The summed E-state index contributed by atoms with van der Waals surface area (Å²) in [5, 5.41) is 14.7. The Hall–Kier alpha value is -12.1. The third-order valence-corrected chi connectivity index (χ3v) is 27.2. The lowest BCUT2D eigenvalue weighted by Gasteiger charge is -2.41. The number of amides is 3. The van der Waals surface area contributed by atoms with Gasteiger partial charge < -0.3 is 88.8 Å². The SMILES string of the molecule is [C-]#[N+]C[C@H]1CN(c2nc(OC[C@@H]3CC(C)(F)CN3)nc3c2CCN(c2cccc4ccc(F)c(Cl)c24)C3)CCN1C(=O)C(=C)F.[C-]#[N+]C[C@H]1CN(c2nc(OC[C@@H]3C[C@@H](C)CN3)nc3c2CCN(c2cccc4ccc(F)c(Cl)c24)C3)CCN1C(=O)C(=C)F.[C-]#[N+]C[C@H]1CN(c2nc(OC[C@@H]3C[C@@H](C)CN3)nc3c2CCN(c2cccc4ccc(F)c(Cl)c24)C3)CCN1C(=O)C(=C)F. The van der Waals surface area contributed by atoms with E-state index < -0.39 is 76.4 Å². The van der Waals surface area contributed by atoms with E-state index in [9.17, 15) is 45.1 Å². The second-order valence-electron chi connectivity index (χ2n) is 35.5. The number of nitrogens with zero attached hydrogens (tertiary/aromatic N) is 18. The summed E-state index contributed by atoms with van der Waals surface area (Å²) in [6, 6.07) is 25.7. The summed E-state index contributed by atoms with van der Waals surface area (Å²) in [5.74, 6) is -3.83. The Morgan fingerprint density at radius 1 is 0.451 bits per heavy atom. The number of halogens is 10.